The van der Waals surface area contributed by atoms with Crippen molar-refractivity contribution in [2.24, 2.45) is 0 Å². The lowest BCUT2D eigenvalue weighted by molar-refractivity contribution is 0.0836. The summed E-state index contributed by atoms with van der Waals surface area (Å²) < 4.78 is 6.97. The summed E-state index contributed by atoms with van der Waals surface area (Å²) in [6.07, 6.45) is 2.21. The van der Waals surface area contributed by atoms with Gasteiger partial charge in [-0.1, -0.05) is 12.1 Å². The van der Waals surface area contributed by atoms with E-state index in [1.54, 1.807) is 0 Å². The van der Waals surface area contributed by atoms with Crippen LogP contribution in [-0.2, 0) is 6.42 Å². The summed E-state index contributed by atoms with van der Waals surface area (Å²) in [5.74, 6) is 1.03. The Morgan fingerprint density at radius 2 is 2.15 bits per heavy atom. The summed E-state index contributed by atoms with van der Waals surface area (Å²) in [5, 5.41) is 0. The zero-order valence-electron chi connectivity index (χ0n) is 7.93. The highest BCUT2D eigenvalue weighted by Crippen LogP contribution is 2.38. The van der Waals surface area contributed by atoms with Gasteiger partial charge in [-0.25, -0.2) is 0 Å². The number of para-hydroxylation sites is 1. The van der Waals surface area contributed by atoms with Crippen LogP contribution in [0.1, 0.15) is 25.8 Å². The number of fused-ring (bicyclic) bond motifs is 1. The molecule has 0 aromatic heterocycles. The standard InChI is InChI=1S/C11H13BrO/c1-11(2)7-6-8-4-3-5-9(12)10(8)13-11/h3-5H,6-7H2,1-2H3. The molecule has 0 saturated carbocycles. The molecule has 2 rings (SSSR count). The second-order valence-electron chi connectivity index (χ2n) is 4.09. The fourth-order valence-electron chi connectivity index (χ4n) is 1.63. The van der Waals surface area contributed by atoms with E-state index >= 15 is 0 Å². The maximum atomic E-state index is 5.90. The van der Waals surface area contributed by atoms with E-state index in [4.69, 9.17) is 4.74 Å². The number of ether oxygens (including phenoxy) is 1. The predicted molar refractivity (Wildman–Crippen MR) is 57.2 cm³/mol. The van der Waals surface area contributed by atoms with Gasteiger partial charge in [0.15, 0.2) is 0 Å². The number of rotatable bonds is 0. The van der Waals surface area contributed by atoms with Crippen LogP contribution in [0.3, 0.4) is 0 Å². The molecule has 0 spiro atoms. The van der Waals surface area contributed by atoms with Gasteiger partial charge in [-0.15, -0.1) is 0 Å². The number of halogens is 1. The van der Waals surface area contributed by atoms with Crippen LogP contribution in [0.25, 0.3) is 0 Å². The minimum Gasteiger partial charge on any atom is -0.486 e. The number of aryl methyl sites for hydroxylation is 1. The molecule has 1 heterocycles. The van der Waals surface area contributed by atoms with E-state index in [2.05, 4.69) is 41.9 Å². The van der Waals surface area contributed by atoms with E-state index in [1.807, 2.05) is 6.07 Å². The average Bonchev–Trinajstić information content (AvgIpc) is 2.06. The molecule has 0 amide bonds. The molecule has 0 fully saturated rings. The molecule has 0 radical (unpaired) electrons. The lowest BCUT2D eigenvalue weighted by Gasteiger charge is -2.33. The van der Waals surface area contributed by atoms with E-state index in [0.717, 1.165) is 23.1 Å². The van der Waals surface area contributed by atoms with Crippen molar-refractivity contribution in [3.63, 3.8) is 0 Å². The van der Waals surface area contributed by atoms with Gasteiger partial charge >= 0.3 is 0 Å². The SMILES string of the molecule is CC1(C)CCc2cccc(Br)c2O1. The maximum Gasteiger partial charge on any atom is 0.137 e. The molecule has 2 heteroatoms. The zero-order chi connectivity index (χ0) is 9.47. The smallest absolute Gasteiger partial charge is 0.137 e. The molecule has 70 valence electrons. The first-order valence-corrected chi connectivity index (χ1v) is 5.34. The highest BCUT2D eigenvalue weighted by atomic mass is 79.9. The van der Waals surface area contributed by atoms with Gasteiger partial charge in [0.05, 0.1) is 4.47 Å². The van der Waals surface area contributed by atoms with Crippen molar-refractivity contribution in [2.75, 3.05) is 0 Å². The molecule has 0 N–H and O–H groups in total. The third-order valence-corrected chi connectivity index (χ3v) is 3.05. The lowest BCUT2D eigenvalue weighted by Crippen LogP contribution is -2.32. The fourth-order valence-corrected chi connectivity index (χ4v) is 2.12. The van der Waals surface area contributed by atoms with E-state index < -0.39 is 0 Å². The largest absolute Gasteiger partial charge is 0.486 e. The lowest BCUT2D eigenvalue weighted by atomic mass is 9.94. The van der Waals surface area contributed by atoms with Crippen LogP contribution in [-0.4, -0.2) is 5.60 Å². The van der Waals surface area contributed by atoms with Gasteiger partial charge in [-0.3, -0.25) is 0 Å². The van der Waals surface area contributed by atoms with Gasteiger partial charge in [0.2, 0.25) is 0 Å². The van der Waals surface area contributed by atoms with Gasteiger partial charge in [0, 0.05) is 0 Å². The molecule has 13 heavy (non-hydrogen) atoms. The van der Waals surface area contributed by atoms with Gasteiger partial charge in [0.1, 0.15) is 11.4 Å². The Morgan fingerprint density at radius 3 is 2.92 bits per heavy atom. The Bertz CT molecular complexity index is 331. The summed E-state index contributed by atoms with van der Waals surface area (Å²) in [7, 11) is 0. The maximum absolute atomic E-state index is 5.90. The van der Waals surface area contributed by atoms with E-state index in [9.17, 15) is 0 Å². The highest BCUT2D eigenvalue weighted by molar-refractivity contribution is 9.10. The predicted octanol–water partition coefficient (Wildman–Crippen LogP) is 3.55. The van der Waals surface area contributed by atoms with Crippen molar-refractivity contribution in [2.45, 2.75) is 32.3 Å². The summed E-state index contributed by atoms with van der Waals surface area (Å²) in [4.78, 5) is 0. The molecule has 1 aromatic rings. The van der Waals surface area contributed by atoms with Gasteiger partial charge in [-0.05, 0) is 54.2 Å². The van der Waals surface area contributed by atoms with Gasteiger partial charge in [-0.2, -0.15) is 0 Å². The first-order valence-electron chi connectivity index (χ1n) is 4.55. The molecule has 1 aliphatic rings. The van der Waals surface area contributed by atoms with Crippen molar-refractivity contribution < 1.29 is 4.74 Å². The topological polar surface area (TPSA) is 9.23 Å². The molecule has 0 aliphatic carbocycles. The van der Waals surface area contributed by atoms with Crippen molar-refractivity contribution in [1.82, 2.24) is 0 Å². The Balaban J connectivity index is 2.44. The highest BCUT2D eigenvalue weighted by Gasteiger charge is 2.27. The van der Waals surface area contributed by atoms with Crippen molar-refractivity contribution in [1.29, 1.82) is 0 Å². The van der Waals surface area contributed by atoms with Crippen LogP contribution in [0.15, 0.2) is 22.7 Å². The molecule has 1 aromatic carbocycles. The molecular formula is C11H13BrO. The van der Waals surface area contributed by atoms with Crippen LogP contribution < -0.4 is 4.74 Å². The third-order valence-electron chi connectivity index (χ3n) is 2.42. The van der Waals surface area contributed by atoms with Crippen LogP contribution in [0.2, 0.25) is 0 Å². The van der Waals surface area contributed by atoms with Crippen LogP contribution >= 0.6 is 15.9 Å². The monoisotopic (exact) mass is 240 g/mol. The minimum atomic E-state index is -0.0170. The van der Waals surface area contributed by atoms with Gasteiger partial charge in [0.25, 0.3) is 0 Å². The third kappa shape index (κ3) is 1.73. The van der Waals surface area contributed by atoms with Crippen LogP contribution in [0, 0.1) is 0 Å². The van der Waals surface area contributed by atoms with Crippen molar-refractivity contribution >= 4 is 15.9 Å². The summed E-state index contributed by atoms with van der Waals surface area (Å²) in [5.41, 5.74) is 1.30. The number of benzene rings is 1. The van der Waals surface area contributed by atoms with Crippen LogP contribution in [0.4, 0.5) is 0 Å². The van der Waals surface area contributed by atoms with E-state index in [1.165, 1.54) is 5.56 Å². The first-order chi connectivity index (χ1) is 6.08. The molecular weight excluding hydrogens is 228 g/mol. The van der Waals surface area contributed by atoms with Crippen molar-refractivity contribution in [3.05, 3.63) is 28.2 Å². The molecule has 0 saturated heterocycles. The molecule has 0 atom stereocenters. The minimum absolute atomic E-state index is 0.0170. The van der Waals surface area contributed by atoms with Crippen LogP contribution in [0.5, 0.6) is 5.75 Å². The Kier molecular flexibility index (Phi) is 2.11. The summed E-state index contributed by atoms with van der Waals surface area (Å²) >= 11 is 3.51. The second kappa shape index (κ2) is 3.02. The summed E-state index contributed by atoms with van der Waals surface area (Å²) in [6.45, 7) is 4.27. The number of hydrogen-bond donors (Lipinski definition) is 0. The van der Waals surface area contributed by atoms with Crippen molar-refractivity contribution in [3.8, 4) is 5.75 Å². The Hall–Kier alpha value is -0.500. The molecule has 0 bridgehead atoms. The zero-order valence-corrected chi connectivity index (χ0v) is 9.52. The molecule has 1 nitrogen and oxygen atoms in total. The molecule has 1 aliphatic heterocycles. The van der Waals surface area contributed by atoms with E-state index in [0.29, 0.717) is 0 Å². The van der Waals surface area contributed by atoms with E-state index in [-0.39, 0.29) is 5.60 Å². The second-order valence-corrected chi connectivity index (χ2v) is 4.94. The Labute approximate surface area is 87.2 Å². The average molecular weight is 241 g/mol. The summed E-state index contributed by atoms with van der Waals surface area (Å²) in [6, 6.07) is 6.22. The first kappa shape index (κ1) is 9.07. The van der Waals surface area contributed by atoms with Gasteiger partial charge < -0.3 is 4.74 Å². The quantitative estimate of drug-likeness (QED) is 0.674. The normalized spacial score (nSPS) is 19.0. The Morgan fingerprint density at radius 1 is 1.38 bits per heavy atom. The number of hydrogen-bond acceptors (Lipinski definition) is 1. The molecule has 0 unspecified atom stereocenters. The fraction of sp³-hybridized carbons (Fsp3) is 0.455.